The van der Waals surface area contributed by atoms with Crippen LogP contribution < -0.4 is 10.2 Å². The molecular weight excluding hydrogens is 404 g/mol. The van der Waals surface area contributed by atoms with Crippen molar-refractivity contribution in [1.29, 1.82) is 0 Å². The molecule has 1 atom stereocenters. The van der Waals surface area contributed by atoms with Gasteiger partial charge < -0.3 is 10.2 Å². The molecule has 0 aliphatic carbocycles. The number of nitrogens with one attached hydrogen (secondary N) is 1. The van der Waals surface area contributed by atoms with E-state index in [9.17, 15) is 9.59 Å². The maximum Gasteiger partial charge on any atom is 0.229 e. The molecule has 0 unspecified atom stereocenters. The van der Waals surface area contributed by atoms with Crippen molar-refractivity contribution in [3.63, 3.8) is 0 Å². The molecule has 1 fully saturated rings. The number of carbonyl (C=O) groups is 2. The van der Waals surface area contributed by atoms with Gasteiger partial charge in [0.15, 0.2) is 0 Å². The number of benzene rings is 2. The van der Waals surface area contributed by atoms with Crippen LogP contribution in [0.25, 0.3) is 0 Å². The van der Waals surface area contributed by atoms with Crippen molar-refractivity contribution in [3.8, 4) is 0 Å². The quantitative estimate of drug-likeness (QED) is 0.780. The number of carbonyl (C=O) groups excluding carboxylic acids is 2. The summed E-state index contributed by atoms with van der Waals surface area (Å²) in [4.78, 5) is 26.6. The van der Waals surface area contributed by atoms with Gasteiger partial charge in [0.1, 0.15) is 0 Å². The fourth-order valence-corrected chi connectivity index (χ4v) is 3.39. The van der Waals surface area contributed by atoms with E-state index in [1.807, 2.05) is 44.2 Å². The summed E-state index contributed by atoms with van der Waals surface area (Å²) < 4.78 is 0.990. The topological polar surface area (TPSA) is 49.4 Å². The van der Waals surface area contributed by atoms with E-state index in [4.69, 9.17) is 11.6 Å². The zero-order valence-corrected chi connectivity index (χ0v) is 16.3. The number of rotatable bonds is 3. The van der Waals surface area contributed by atoms with Crippen LogP contribution in [0.5, 0.6) is 0 Å². The number of aryl methyl sites for hydroxylation is 1. The van der Waals surface area contributed by atoms with E-state index < -0.39 is 0 Å². The van der Waals surface area contributed by atoms with Crippen molar-refractivity contribution < 1.29 is 9.59 Å². The molecular formula is C19H18BrClN2O2. The summed E-state index contributed by atoms with van der Waals surface area (Å²) in [5.74, 6) is -0.579. The molecule has 0 radical (unpaired) electrons. The molecule has 2 amide bonds. The fourth-order valence-electron chi connectivity index (χ4n) is 2.97. The van der Waals surface area contributed by atoms with E-state index in [-0.39, 0.29) is 24.2 Å². The summed E-state index contributed by atoms with van der Waals surface area (Å²) in [6, 6.07) is 11.1. The Labute approximate surface area is 160 Å². The third kappa shape index (κ3) is 3.72. The van der Waals surface area contributed by atoms with Crippen LogP contribution in [-0.2, 0) is 9.59 Å². The van der Waals surface area contributed by atoms with Crippen LogP contribution >= 0.6 is 27.5 Å². The molecule has 1 saturated heterocycles. The normalized spacial score (nSPS) is 17.0. The molecule has 2 aromatic rings. The predicted octanol–water partition coefficient (Wildman–Crippen LogP) is 4.71. The average molecular weight is 422 g/mol. The lowest BCUT2D eigenvalue weighted by Crippen LogP contribution is -2.28. The van der Waals surface area contributed by atoms with Crippen LogP contribution in [0, 0.1) is 19.8 Å². The second-order valence-electron chi connectivity index (χ2n) is 6.24. The van der Waals surface area contributed by atoms with Gasteiger partial charge in [-0.15, -0.1) is 0 Å². The lowest BCUT2D eigenvalue weighted by Gasteiger charge is -2.19. The maximum absolute atomic E-state index is 12.6. The molecule has 1 N–H and O–H groups in total. The van der Waals surface area contributed by atoms with Crippen molar-refractivity contribution in [2.45, 2.75) is 20.3 Å². The number of halogens is 2. The third-order valence-corrected chi connectivity index (χ3v) is 5.75. The summed E-state index contributed by atoms with van der Waals surface area (Å²) in [6.07, 6.45) is 0.202. The zero-order valence-electron chi connectivity index (χ0n) is 14.0. The number of anilines is 2. The van der Waals surface area contributed by atoms with Gasteiger partial charge in [-0.2, -0.15) is 0 Å². The van der Waals surface area contributed by atoms with Gasteiger partial charge >= 0.3 is 0 Å². The van der Waals surface area contributed by atoms with E-state index in [1.165, 1.54) is 0 Å². The highest BCUT2D eigenvalue weighted by atomic mass is 79.9. The van der Waals surface area contributed by atoms with Crippen molar-refractivity contribution in [2.75, 3.05) is 16.8 Å². The van der Waals surface area contributed by atoms with Crippen molar-refractivity contribution in [2.24, 2.45) is 5.92 Å². The molecule has 6 heteroatoms. The fraction of sp³-hybridized carbons (Fsp3) is 0.263. The first kappa shape index (κ1) is 18.0. The van der Waals surface area contributed by atoms with Gasteiger partial charge in [0.05, 0.1) is 5.92 Å². The summed E-state index contributed by atoms with van der Waals surface area (Å²) >= 11 is 9.59. The Morgan fingerprint density at radius 2 is 2.04 bits per heavy atom. The average Bonchev–Trinajstić information content (AvgIpc) is 2.95. The first-order valence-corrected chi connectivity index (χ1v) is 9.16. The molecule has 25 heavy (non-hydrogen) atoms. The maximum atomic E-state index is 12.6. The van der Waals surface area contributed by atoms with Crippen LogP contribution in [0.3, 0.4) is 0 Å². The minimum atomic E-state index is -0.380. The first-order valence-electron chi connectivity index (χ1n) is 7.99. The number of hydrogen-bond acceptors (Lipinski definition) is 2. The van der Waals surface area contributed by atoms with E-state index in [0.29, 0.717) is 11.6 Å². The first-order chi connectivity index (χ1) is 11.9. The van der Waals surface area contributed by atoms with E-state index in [1.54, 1.807) is 11.0 Å². The van der Waals surface area contributed by atoms with Crippen LogP contribution in [0.4, 0.5) is 11.4 Å². The Hall–Kier alpha value is -1.85. The monoisotopic (exact) mass is 420 g/mol. The van der Waals surface area contributed by atoms with E-state index >= 15 is 0 Å². The molecule has 3 rings (SSSR count). The molecule has 4 nitrogen and oxygen atoms in total. The smallest absolute Gasteiger partial charge is 0.229 e. The van der Waals surface area contributed by atoms with Gasteiger partial charge in [0, 0.05) is 33.8 Å². The second-order valence-corrected chi connectivity index (χ2v) is 7.50. The Bertz CT molecular complexity index is 853. The van der Waals surface area contributed by atoms with E-state index in [0.717, 1.165) is 27.0 Å². The summed E-state index contributed by atoms with van der Waals surface area (Å²) in [5, 5.41) is 3.52. The van der Waals surface area contributed by atoms with Crippen LogP contribution in [0.1, 0.15) is 17.5 Å². The molecule has 0 aromatic heterocycles. The number of amides is 2. The standard InChI is InChI=1S/C19H18BrClN2O2/c1-11-8-14(6-7-15(11)20)22-19(25)13-9-18(24)23(10-13)17-5-3-4-16(21)12(17)2/h3-8,13H,9-10H2,1-2H3,(H,22,25)/t13-/m0/s1. The summed E-state index contributed by atoms with van der Waals surface area (Å²) in [7, 11) is 0. The highest BCUT2D eigenvalue weighted by Crippen LogP contribution is 2.32. The zero-order chi connectivity index (χ0) is 18.1. The number of nitrogens with zero attached hydrogens (tertiary/aromatic N) is 1. The Balaban J connectivity index is 1.74. The molecule has 0 bridgehead atoms. The lowest BCUT2D eigenvalue weighted by molar-refractivity contribution is -0.122. The molecule has 0 spiro atoms. The van der Waals surface area contributed by atoms with Crippen molar-refractivity contribution >= 4 is 50.7 Å². The molecule has 1 aliphatic heterocycles. The van der Waals surface area contributed by atoms with E-state index in [2.05, 4.69) is 21.2 Å². The number of hydrogen-bond donors (Lipinski definition) is 1. The van der Waals surface area contributed by atoms with Gasteiger partial charge in [-0.1, -0.05) is 33.6 Å². The summed E-state index contributed by atoms with van der Waals surface area (Å²) in [5.41, 5.74) is 3.39. The third-order valence-electron chi connectivity index (χ3n) is 4.45. The van der Waals surface area contributed by atoms with Crippen LogP contribution in [-0.4, -0.2) is 18.4 Å². The van der Waals surface area contributed by atoms with Gasteiger partial charge in [0.2, 0.25) is 11.8 Å². The highest BCUT2D eigenvalue weighted by molar-refractivity contribution is 9.10. The molecule has 0 saturated carbocycles. The highest BCUT2D eigenvalue weighted by Gasteiger charge is 2.35. The molecule has 1 aliphatic rings. The Morgan fingerprint density at radius 3 is 2.76 bits per heavy atom. The molecule has 1 heterocycles. The van der Waals surface area contributed by atoms with Gasteiger partial charge in [0.25, 0.3) is 0 Å². The minimum Gasteiger partial charge on any atom is -0.326 e. The lowest BCUT2D eigenvalue weighted by atomic mass is 10.1. The van der Waals surface area contributed by atoms with Crippen LogP contribution in [0.15, 0.2) is 40.9 Å². The van der Waals surface area contributed by atoms with Gasteiger partial charge in [-0.05, 0) is 55.3 Å². The predicted molar refractivity (Wildman–Crippen MR) is 104 cm³/mol. The van der Waals surface area contributed by atoms with Crippen LogP contribution in [0.2, 0.25) is 5.02 Å². The Kier molecular flexibility index (Phi) is 5.16. The molecule has 2 aromatic carbocycles. The largest absolute Gasteiger partial charge is 0.326 e. The van der Waals surface area contributed by atoms with Gasteiger partial charge in [-0.25, -0.2) is 0 Å². The summed E-state index contributed by atoms with van der Waals surface area (Å²) in [6.45, 7) is 4.20. The second kappa shape index (κ2) is 7.18. The van der Waals surface area contributed by atoms with Crippen molar-refractivity contribution in [1.82, 2.24) is 0 Å². The SMILES string of the molecule is Cc1cc(NC(=O)[C@H]2CC(=O)N(c3cccc(Cl)c3C)C2)ccc1Br. The minimum absolute atomic E-state index is 0.0579. The van der Waals surface area contributed by atoms with Gasteiger partial charge in [-0.3, -0.25) is 9.59 Å². The Morgan fingerprint density at radius 1 is 1.28 bits per heavy atom. The molecule has 130 valence electrons. The van der Waals surface area contributed by atoms with Crippen molar-refractivity contribution in [3.05, 3.63) is 57.0 Å².